The van der Waals surface area contributed by atoms with Gasteiger partial charge in [0.05, 0.1) is 5.92 Å². The molecule has 0 radical (unpaired) electrons. The molecule has 4 bridgehead atoms. The summed E-state index contributed by atoms with van der Waals surface area (Å²) >= 11 is 0. The van der Waals surface area contributed by atoms with Crippen LogP contribution in [-0.2, 0) is 4.79 Å². The van der Waals surface area contributed by atoms with Crippen molar-refractivity contribution >= 4 is 5.91 Å². The minimum atomic E-state index is -0.00337. The third-order valence-corrected chi connectivity index (χ3v) is 6.82. The van der Waals surface area contributed by atoms with Crippen LogP contribution in [0.3, 0.4) is 0 Å². The van der Waals surface area contributed by atoms with Crippen molar-refractivity contribution < 1.29 is 4.79 Å². The lowest BCUT2D eigenvalue weighted by Crippen LogP contribution is -2.56. The first-order valence-electron chi connectivity index (χ1n) is 8.78. The molecule has 3 unspecified atom stereocenters. The smallest absolute Gasteiger partial charge is 0.227 e. The Balaban J connectivity index is 1.44. The van der Waals surface area contributed by atoms with E-state index in [-0.39, 0.29) is 17.9 Å². The van der Waals surface area contributed by atoms with Gasteiger partial charge in [0.1, 0.15) is 0 Å². The molecule has 4 fully saturated rings. The fourth-order valence-corrected chi connectivity index (χ4v) is 6.10. The topological polar surface area (TPSA) is 55.1 Å². The van der Waals surface area contributed by atoms with Crippen LogP contribution in [0.1, 0.15) is 51.9 Å². The number of carbonyl (C=O) groups is 1. The third-order valence-electron chi connectivity index (χ3n) is 6.82. The lowest BCUT2D eigenvalue weighted by atomic mass is 9.48. The normalized spacial score (nSPS) is 48.6. The Labute approximate surface area is 127 Å². The number of nitrogens with two attached hydrogens (primary N) is 1. The molecule has 5 aliphatic rings. The van der Waals surface area contributed by atoms with Crippen LogP contribution in [0.5, 0.6) is 0 Å². The van der Waals surface area contributed by atoms with Gasteiger partial charge in [-0.3, -0.25) is 4.79 Å². The van der Waals surface area contributed by atoms with E-state index < -0.39 is 0 Å². The molecular formula is C18H28N2O. The summed E-state index contributed by atoms with van der Waals surface area (Å²) in [6.45, 7) is 2.25. The van der Waals surface area contributed by atoms with Gasteiger partial charge >= 0.3 is 0 Å². The van der Waals surface area contributed by atoms with Crippen LogP contribution in [0.2, 0.25) is 0 Å². The summed E-state index contributed by atoms with van der Waals surface area (Å²) in [7, 11) is 0. The maximum absolute atomic E-state index is 12.5. The number of amides is 1. The number of rotatable bonds is 3. The highest BCUT2D eigenvalue weighted by molar-refractivity contribution is 5.81. The van der Waals surface area contributed by atoms with E-state index in [2.05, 4.69) is 12.2 Å². The lowest BCUT2D eigenvalue weighted by molar-refractivity contribution is -0.128. The molecule has 5 aliphatic carbocycles. The highest BCUT2D eigenvalue weighted by Gasteiger charge is 2.53. The summed E-state index contributed by atoms with van der Waals surface area (Å²) < 4.78 is 0. The molecule has 0 heterocycles. The molecule has 0 saturated heterocycles. The molecule has 0 aromatic carbocycles. The van der Waals surface area contributed by atoms with E-state index >= 15 is 0 Å². The van der Waals surface area contributed by atoms with Crippen LogP contribution in [-0.4, -0.2) is 18.0 Å². The number of carbonyl (C=O) groups excluding carboxylic acids is 1. The van der Waals surface area contributed by atoms with Crippen LogP contribution < -0.4 is 11.1 Å². The van der Waals surface area contributed by atoms with Crippen molar-refractivity contribution in [1.82, 2.24) is 5.32 Å². The number of nitrogens with one attached hydrogen (secondary N) is 1. The second-order valence-corrected chi connectivity index (χ2v) is 8.40. The van der Waals surface area contributed by atoms with Gasteiger partial charge in [-0.2, -0.15) is 0 Å². The van der Waals surface area contributed by atoms with Crippen LogP contribution in [0.25, 0.3) is 0 Å². The Bertz CT molecular complexity index is 435. The van der Waals surface area contributed by atoms with Crippen LogP contribution in [0.15, 0.2) is 12.2 Å². The van der Waals surface area contributed by atoms with Gasteiger partial charge in [0, 0.05) is 12.1 Å². The molecule has 0 aromatic rings. The summed E-state index contributed by atoms with van der Waals surface area (Å²) in [5.74, 6) is 3.01. The molecule has 4 saturated carbocycles. The van der Waals surface area contributed by atoms with E-state index in [1.165, 1.54) is 38.5 Å². The van der Waals surface area contributed by atoms with Gasteiger partial charge in [0.25, 0.3) is 0 Å². The van der Waals surface area contributed by atoms with Gasteiger partial charge in [-0.15, -0.1) is 0 Å². The molecule has 3 atom stereocenters. The van der Waals surface area contributed by atoms with Crippen molar-refractivity contribution in [2.45, 2.75) is 64.0 Å². The van der Waals surface area contributed by atoms with Gasteiger partial charge < -0.3 is 11.1 Å². The fraction of sp³-hybridized carbons (Fsp3) is 0.833. The predicted molar refractivity (Wildman–Crippen MR) is 83.4 cm³/mol. The van der Waals surface area contributed by atoms with Crippen molar-refractivity contribution in [3.63, 3.8) is 0 Å². The van der Waals surface area contributed by atoms with Crippen LogP contribution in [0, 0.1) is 29.1 Å². The lowest BCUT2D eigenvalue weighted by Gasteiger charge is -2.59. The van der Waals surface area contributed by atoms with Gasteiger partial charge in [-0.05, 0) is 75.0 Å². The predicted octanol–water partition coefficient (Wildman–Crippen LogP) is 2.61. The molecule has 5 rings (SSSR count). The van der Waals surface area contributed by atoms with Gasteiger partial charge in [0.2, 0.25) is 5.91 Å². The van der Waals surface area contributed by atoms with Crippen molar-refractivity contribution in [1.29, 1.82) is 0 Å². The number of hydrogen-bond acceptors (Lipinski definition) is 2. The van der Waals surface area contributed by atoms with Crippen molar-refractivity contribution in [2.24, 2.45) is 34.8 Å². The minimum absolute atomic E-state index is 0.00337. The quantitative estimate of drug-likeness (QED) is 0.784. The summed E-state index contributed by atoms with van der Waals surface area (Å²) in [4.78, 5) is 12.5. The second kappa shape index (κ2) is 4.84. The number of hydrogen-bond donors (Lipinski definition) is 2. The van der Waals surface area contributed by atoms with Gasteiger partial charge in [0.15, 0.2) is 0 Å². The first-order chi connectivity index (χ1) is 10.0. The molecule has 0 aliphatic heterocycles. The summed E-state index contributed by atoms with van der Waals surface area (Å²) in [5.41, 5.74) is 6.27. The molecule has 116 valence electrons. The average Bonchev–Trinajstić information content (AvgIpc) is 2.84. The summed E-state index contributed by atoms with van der Waals surface area (Å²) in [6.07, 6.45) is 13.2. The van der Waals surface area contributed by atoms with Crippen LogP contribution in [0.4, 0.5) is 0 Å². The Hall–Kier alpha value is -0.830. The van der Waals surface area contributed by atoms with E-state index in [1.807, 2.05) is 12.2 Å². The van der Waals surface area contributed by atoms with E-state index in [0.717, 1.165) is 24.2 Å². The molecule has 0 spiro atoms. The highest BCUT2D eigenvalue weighted by atomic mass is 16.1. The van der Waals surface area contributed by atoms with Gasteiger partial charge in [-0.25, -0.2) is 0 Å². The van der Waals surface area contributed by atoms with Crippen molar-refractivity contribution in [3.05, 3.63) is 12.2 Å². The largest absolute Gasteiger partial charge is 0.353 e. The molecule has 3 N–H and O–H groups in total. The van der Waals surface area contributed by atoms with Gasteiger partial charge in [-0.1, -0.05) is 12.2 Å². The molecular weight excluding hydrogens is 260 g/mol. The standard InChI is InChI=1S/C18H28N2O/c1-11(20-17(21)15-2-3-16(19)7-15)18-8-12-4-13(9-18)6-14(5-12)10-18/h2-3,11-16H,4-10,19H2,1H3,(H,20,21). The van der Waals surface area contributed by atoms with E-state index in [0.29, 0.717) is 11.5 Å². The zero-order valence-electron chi connectivity index (χ0n) is 13.1. The molecule has 21 heavy (non-hydrogen) atoms. The van der Waals surface area contributed by atoms with E-state index in [4.69, 9.17) is 5.73 Å². The summed E-state index contributed by atoms with van der Waals surface area (Å²) in [6, 6.07) is 0.388. The fourth-order valence-electron chi connectivity index (χ4n) is 6.10. The maximum atomic E-state index is 12.5. The Morgan fingerprint density at radius 1 is 1.10 bits per heavy atom. The molecule has 1 amide bonds. The third kappa shape index (κ3) is 2.34. The monoisotopic (exact) mass is 288 g/mol. The van der Waals surface area contributed by atoms with Crippen molar-refractivity contribution in [3.8, 4) is 0 Å². The van der Waals surface area contributed by atoms with Crippen LogP contribution >= 0.6 is 0 Å². The van der Waals surface area contributed by atoms with Crippen molar-refractivity contribution in [2.75, 3.05) is 0 Å². The summed E-state index contributed by atoms with van der Waals surface area (Å²) in [5, 5.41) is 3.35. The Morgan fingerprint density at radius 2 is 1.67 bits per heavy atom. The molecule has 3 heteroatoms. The van der Waals surface area contributed by atoms with E-state index in [1.54, 1.807) is 0 Å². The Morgan fingerprint density at radius 3 is 2.14 bits per heavy atom. The first kappa shape index (κ1) is 13.8. The second-order valence-electron chi connectivity index (χ2n) is 8.40. The highest BCUT2D eigenvalue weighted by Crippen LogP contribution is 2.61. The average molecular weight is 288 g/mol. The SMILES string of the molecule is CC(NC(=O)C1C=CC(N)C1)C12CC3CC(CC(C3)C1)C2. The molecule has 3 nitrogen and oxygen atoms in total. The minimum Gasteiger partial charge on any atom is -0.353 e. The zero-order chi connectivity index (χ0) is 14.6. The van der Waals surface area contributed by atoms with E-state index in [9.17, 15) is 4.79 Å². The maximum Gasteiger partial charge on any atom is 0.227 e. The zero-order valence-corrected chi connectivity index (χ0v) is 13.1. The first-order valence-corrected chi connectivity index (χ1v) is 8.78. The molecule has 0 aromatic heterocycles. The Kier molecular flexibility index (Phi) is 3.18.